The van der Waals surface area contributed by atoms with Crippen molar-refractivity contribution in [2.45, 2.75) is 181 Å². The van der Waals surface area contributed by atoms with Gasteiger partial charge in [-0.1, -0.05) is 193 Å². The quantitative estimate of drug-likeness (QED) is 0.0265. The lowest BCUT2D eigenvalue weighted by Crippen LogP contribution is -2.30. The third-order valence-electron chi connectivity index (χ3n) is 9.16. The van der Waals surface area contributed by atoms with Gasteiger partial charge in [-0.2, -0.15) is 0 Å². The molecule has 0 amide bonds. The summed E-state index contributed by atoms with van der Waals surface area (Å²) in [7, 11) is 0. The Hall–Kier alpha value is -4.45. The molecule has 0 aromatic heterocycles. The van der Waals surface area contributed by atoms with Crippen molar-refractivity contribution in [2.75, 3.05) is 13.2 Å². The molecule has 0 aliphatic heterocycles. The zero-order valence-corrected chi connectivity index (χ0v) is 38.6. The van der Waals surface area contributed by atoms with Crippen LogP contribution in [-0.4, -0.2) is 37.2 Å². The van der Waals surface area contributed by atoms with E-state index in [1.807, 2.05) is 12.2 Å². The summed E-state index contributed by atoms with van der Waals surface area (Å²) in [4.78, 5) is 37.7. The average Bonchev–Trinajstić information content (AvgIpc) is 3.26. The molecule has 0 aliphatic rings. The molecule has 6 heteroatoms. The molecule has 0 bridgehead atoms. The van der Waals surface area contributed by atoms with Gasteiger partial charge in [0.15, 0.2) is 6.10 Å². The highest BCUT2D eigenvalue weighted by molar-refractivity contribution is 5.71. The third-order valence-corrected chi connectivity index (χ3v) is 9.16. The Morgan fingerprint density at radius 2 is 0.672 bits per heavy atom. The molecule has 1 atom stereocenters. The minimum Gasteiger partial charge on any atom is -0.462 e. The summed E-state index contributed by atoms with van der Waals surface area (Å²) >= 11 is 0. The van der Waals surface area contributed by atoms with Crippen LogP contribution in [0.5, 0.6) is 0 Å². The van der Waals surface area contributed by atoms with E-state index in [1.54, 1.807) is 0 Å². The lowest BCUT2D eigenvalue weighted by atomic mass is 10.1. The van der Waals surface area contributed by atoms with Gasteiger partial charge in [0.1, 0.15) is 13.2 Å². The lowest BCUT2D eigenvalue weighted by Gasteiger charge is -2.18. The van der Waals surface area contributed by atoms with Crippen LogP contribution in [0.4, 0.5) is 0 Å². The molecule has 0 heterocycles. The largest absolute Gasteiger partial charge is 0.462 e. The van der Waals surface area contributed by atoms with E-state index < -0.39 is 12.1 Å². The van der Waals surface area contributed by atoms with Crippen LogP contribution >= 0.6 is 0 Å². The normalized spacial score (nSPS) is 13.3. The van der Waals surface area contributed by atoms with Gasteiger partial charge >= 0.3 is 17.9 Å². The molecular weight excluding hydrogens is 757 g/mol. The van der Waals surface area contributed by atoms with Gasteiger partial charge in [0, 0.05) is 19.3 Å². The molecule has 61 heavy (non-hydrogen) atoms. The van der Waals surface area contributed by atoms with Crippen LogP contribution in [0.2, 0.25) is 0 Å². The number of rotatable bonds is 40. The molecule has 0 aliphatic carbocycles. The molecule has 0 saturated heterocycles. The molecule has 0 N–H and O–H groups in total. The Balaban J connectivity index is 4.54. The highest BCUT2D eigenvalue weighted by Crippen LogP contribution is 2.10. The maximum atomic E-state index is 12.7. The second kappa shape index (κ2) is 48.2. The minimum atomic E-state index is -0.839. The van der Waals surface area contributed by atoms with Crippen molar-refractivity contribution in [3.63, 3.8) is 0 Å². The molecule has 0 spiro atoms. The Kier molecular flexibility index (Phi) is 44.7. The van der Waals surface area contributed by atoms with Gasteiger partial charge in [0.05, 0.1) is 0 Å². The van der Waals surface area contributed by atoms with Crippen molar-refractivity contribution in [1.29, 1.82) is 0 Å². The van der Waals surface area contributed by atoms with E-state index in [9.17, 15) is 14.4 Å². The summed E-state index contributed by atoms with van der Waals surface area (Å²) in [6.07, 6.45) is 67.5. The predicted molar refractivity (Wildman–Crippen MR) is 260 cm³/mol. The smallest absolute Gasteiger partial charge is 0.306 e. The Morgan fingerprint density at radius 3 is 1.08 bits per heavy atom. The van der Waals surface area contributed by atoms with E-state index in [2.05, 4.69) is 142 Å². The molecule has 0 aromatic carbocycles. The van der Waals surface area contributed by atoms with E-state index in [1.165, 1.54) is 25.7 Å². The van der Waals surface area contributed by atoms with Gasteiger partial charge in [0.25, 0.3) is 0 Å². The Morgan fingerprint density at radius 1 is 0.344 bits per heavy atom. The predicted octanol–water partition coefficient (Wildman–Crippen LogP) is 15.5. The van der Waals surface area contributed by atoms with Gasteiger partial charge < -0.3 is 14.2 Å². The van der Waals surface area contributed by atoms with Crippen molar-refractivity contribution >= 4 is 17.9 Å². The van der Waals surface area contributed by atoms with Crippen molar-refractivity contribution < 1.29 is 28.6 Å². The van der Waals surface area contributed by atoms with Crippen molar-refractivity contribution in [3.8, 4) is 0 Å². The van der Waals surface area contributed by atoms with Crippen molar-refractivity contribution in [3.05, 3.63) is 134 Å². The molecule has 1 unspecified atom stereocenters. The number of allylic oxidation sites excluding steroid dienone is 22. The van der Waals surface area contributed by atoms with E-state index in [0.717, 1.165) is 96.3 Å². The van der Waals surface area contributed by atoms with Gasteiger partial charge in [-0.05, 0) is 96.3 Å². The van der Waals surface area contributed by atoms with Crippen LogP contribution in [0.3, 0.4) is 0 Å². The fourth-order valence-electron chi connectivity index (χ4n) is 5.68. The fraction of sp³-hybridized carbons (Fsp3) is 0.545. The first-order valence-electron chi connectivity index (χ1n) is 23.7. The van der Waals surface area contributed by atoms with E-state index in [0.29, 0.717) is 19.3 Å². The molecular formula is C55H84O6. The highest BCUT2D eigenvalue weighted by atomic mass is 16.6. The molecule has 340 valence electrons. The summed E-state index contributed by atoms with van der Waals surface area (Å²) in [5.74, 6) is -1.10. The Labute approximate surface area is 373 Å². The maximum absolute atomic E-state index is 12.7. The first kappa shape index (κ1) is 56.5. The number of unbranched alkanes of at least 4 members (excludes halogenated alkanes) is 7. The molecule has 0 aromatic rings. The molecule has 6 nitrogen and oxygen atoms in total. The first-order valence-corrected chi connectivity index (χ1v) is 23.7. The summed E-state index contributed by atoms with van der Waals surface area (Å²) in [6, 6.07) is 0. The average molecular weight is 841 g/mol. The number of carbonyl (C=O) groups is 3. The summed E-state index contributed by atoms with van der Waals surface area (Å²) < 4.78 is 16.5. The second-order valence-electron chi connectivity index (χ2n) is 14.9. The fourth-order valence-corrected chi connectivity index (χ4v) is 5.68. The third kappa shape index (κ3) is 46.5. The summed E-state index contributed by atoms with van der Waals surface area (Å²) in [5, 5.41) is 0. The maximum Gasteiger partial charge on any atom is 0.306 e. The molecule has 0 fully saturated rings. The van der Waals surface area contributed by atoms with Crippen LogP contribution in [0, 0.1) is 0 Å². The van der Waals surface area contributed by atoms with Crippen LogP contribution in [0.25, 0.3) is 0 Å². The van der Waals surface area contributed by atoms with E-state index in [4.69, 9.17) is 14.2 Å². The number of ether oxygens (including phenoxy) is 3. The van der Waals surface area contributed by atoms with Gasteiger partial charge in [-0.3, -0.25) is 14.4 Å². The van der Waals surface area contributed by atoms with Crippen LogP contribution in [0.15, 0.2) is 134 Å². The molecule has 0 saturated carbocycles. The van der Waals surface area contributed by atoms with Crippen LogP contribution < -0.4 is 0 Å². The zero-order chi connectivity index (χ0) is 44.4. The van der Waals surface area contributed by atoms with Gasteiger partial charge in [0.2, 0.25) is 0 Å². The van der Waals surface area contributed by atoms with E-state index in [-0.39, 0.29) is 38.0 Å². The number of hydrogen-bond acceptors (Lipinski definition) is 6. The molecule has 0 rings (SSSR count). The highest BCUT2D eigenvalue weighted by Gasteiger charge is 2.19. The number of hydrogen-bond donors (Lipinski definition) is 0. The topological polar surface area (TPSA) is 78.9 Å². The van der Waals surface area contributed by atoms with Crippen LogP contribution in [-0.2, 0) is 28.6 Å². The standard InChI is InChI=1S/C55H84O6/c1-4-7-10-13-16-18-20-22-24-26-27-29-30-32-34-36-39-42-45-48-54(57)60-51-52(50-59-53(56)47-44-41-38-15-12-9-6-3)61-55(58)49-46-43-40-37-35-33-31-28-25-23-21-19-17-14-11-8-5-2/h7-8,10-11,16-19,22-25,27,29,31-34,37,39-40,42,52H,4-6,9,12-15,20-21,26,28,30,35-36,38,41,43-51H2,1-3H3/b10-7-,11-8-,18-16-,19-17-,24-22-,25-23-,29-27-,33-31-,34-32-,40-37-,42-39-. The lowest BCUT2D eigenvalue weighted by molar-refractivity contribution is -0.166. The zero-order valence-electron chi connectivity index (χ0n) is 38.6. The van der Waals surface area contributed by atoms with Gasteiger partial charge in [-0.25, -0.2) is 0 Å². The number of esters is 3. The summed E-state index contributed by atoms with van der Waals surface area (Å²) in [6.45, 7) is 6.21. The number of carbonyl (C=O) groups excluding carboxylic acids is 3. The van der Waals surface area contributed by atoms with Crippen LogP contribution in [0.1, 0.15) is 175 Å². The Bertz CT molecular complexity index is 1380. The van der Waals surface area contributed by atoms with E-state index >= 15 is 0 Å². The van der Waals surface area contributed by atoms with Gasteiger partial charge in [-0.15, -0.1) is 0 Å². The first-order chi connectivity index (χ1) is 30.0. The molecule has 0 radical (unpaired) electrons. The SMILES string of the molecule is CC/C=C\C/C=C\C/C=C\C/C=C\C/C=C\C/C=C\CCC(=O)OCC(COC(=O)CCCCCCCCC)OC(=O)CCC/C=C\C/C=C\C/C=C\C/C=C\C/C=C\CC. The second-order valence-corrected chi connectivity index (χ2v) is 14.9. The summed E-state index contributed by atoms with van der Waals surface area (Å²) in [5.41, 5.74) is 0. The monoisotopic (exact) mass is 841 g/mol. The van der Waals surface area contributed by atoms with Crippen molar-refractivity contribution in [2.24, 2.45) is 0 Å². The van der Waals surface area contributed by atoms with Crippen molar-refractivity contribution in [1.82, 2.24) is 0 Å². The minimum absolute atomic E-state index is 0.129.